The molecular formula is C26H34IN5O2. The molecule has 1 aliphatic rings. The summed E-state index contributed by atoms with van der Waals surface area (Å²) in [5.41, 5.74) is 3.43. The zero-order valence-corrected chi connectivity index (χ0v) is 22.4. The van der Waals surface area contributed by atoms with Crippen LogP contribution in [0.5, 0.6) is 5.75 Å². The fourth-order valence-electron chi connectivity index (χ4n) is 4.25. The lowest BCUT2D eigenvalue weighted by atomic mass is 10.0. The minimum absolute atomic E-state index is 0. The monoisotopic (exact) mass is 575 g/mol. The molecule has 0 radical (unpaired) electrons. The van der Waals surface area contributed by atoms with Gasteiger partial charge in [0.25, 0.3) is 0 Å². The van der Waals surface area contributed by atoms with Crippen molar-refractivity contribution in [2.45, 2.75) is 32.4 Å². The molecule has 0 saturated carbocycles. The van der Waals surface area contributed by atoms with Gasteiger partial charge in [0, 0.05) is 24.7 Å². The molecule has 7 nitrogen and oxygen atoms in total. The number of para-hydroxylation sites is 1. The van der Waals surface area contributed by atoms with Crippen molar-refractivity contribution in [2.75, 3.05) is 33.8 Å². The summed E-state index contributed by atoms with van der Waals surface area (Å²) in [6.45, 7) is 5.43. The molecule has 0 aliphatic carbocycles. The number of likely N-dealkylation sites (tertiary alicyclic amines) is 1. The van der Waals surface area contributed by atoms with Crippen LogP contribution in [0.4, 0.5) is 0 Å². The lowest BCUT2D eigenvalue weighted by Crippen LogP contribution is -2.42. The first-order valence-electron chi connectivity index (χ1n) is 11.5. The number of methoxy groups -OCH3 is 1. The molecule has 1 fully saturated rings. The van der Waals surface area contributed by atoms with E-state index in [0.717, 1.165) is 36.7 Å². The highest BCUT2D eigenvalue weighted by Crippen LogP contribution is 2.31. The molecule has 1 aliphatic heterocycles. The number of aryl methyl sites for hydroxylation is 1. The van der Waals surface area contributed by atoms with Gasteiger partial charge in [-0.1, -0.05) is 48.0 Å². The average molecular weight is 575 g/mol. The second-order valence-corrected chi connectivity index (χ2v) is 8.29. The Morgan fingerprint density at radius 2 is 1.85 bits per heavy atom. The Kier molecular flexibility index (Phi) is 9.76. The zero-order valence-electron chi connectivity index (χ0n) is 20.1. The van der Waals surface area contributed by atoms with Gasteiger partial charge in [0.2, 0.25) is 5.89 Å². The van der Waals surface area contributed by atoms with Gasteiger partial charge in [-0.2, -0.15) is 0 Å². The molecule has 0 amide bonds. The quantitative estimate of drug-likeness (QED) is 0.229. The van der Waals surface area contributed by atoms with Gasteiger partial charge in [0.15, 0.2) is 11.7 Å². The minimum Gasteiger partial charge on any atom is -0.496 e. The Balaban J connectivity index is 0.00000324. The third kappa shape index (κ3) is 6.50. The number of halogens is 1. The fourth-order valence-corrected chi connectivity index (χ4v) is 4.25. The van der Waals surface area contributed by atoms with Crippen molar-refractivity contribution < 1.29 is 9.15 Å². The van der Waals surface area contributed by atoms with Crippen molar-refractivity contribution >= 4 is 29.9 Å². The van der Waals surface area contributed by atoms with Gasteiger partial charge in [0.05, 0.1) is 25.9 Å². The molecule has 0 spiro atoms. The van der Waals surface area contributed by atoms with E-state index in [1.807, 2.05) is 24.3 Å². The highest BCUT2D eigenvalue weighted by atomic mass is 127. The molecule has 34 heavy (non-hydrogen) atoms. The molecule has 8 heteroatoms. The van der Waals surface area contributed by atoms with E-state index in [1.165, 1.54) is 24.0 Å². The van der Waals surface area contributed by atoms with E-state index >= 15 is 0 Å². The van der Waals surface area contributed by atoms with E-state index in [2.05, 4.69) is 56.7 Å². The standard InChI is InChI=1S/C26H33N5O2.HI/c1-19-10-12-20(13-11-19)24-17-28-25(33-24)18-30-26(27-2)29-16-22(31-14-6-7-15-31)21-8-4-5-9-23(21)32-3;/h4-5,8-13,17,22H,6-7,14-16,18H2,1-3H3,(H2,27,29,30);1H. The van der Waals surface area contributed by atoms with Crippen LogP contribution in [0.3, 0.4) is 0 Å². The predicted molar refractivity (Wildman–Crippen MR) is 147 cm³/mol. The number of oxazole rings is 1. The SMILES string of the molecule is CN=C(NCc1ncc(-c2ccc(C)cc2)o1)NCC(c1ccccc1OC)N1CCCC1.I. The smallest absolute Gasteiger partial charge is 0.214 e. The Morgan fingerprint density at radius 3 is 2.56 bits per heavy atom. The zero-order chi connectivity index (χ0) is 23.0. The van der Waals surface area contributed by atoms with Crippen molar-refractivity contribution in [3.05, 3.63) is 71.7 Å². The Bertz CT molecular complexity index is 1060. The molecule has 1 aromatic heterocycles. The van der Waals surface area contributed by atoms with Crippen molar-refractivity contribution in [1.82, 2.24) is 20.5 Å². The first-order chi connectivity index (χ1) is 16.2. The fraction of sp³-hybridized carbons (Fsp3) is 0.385. The van der Waals surface area contributed by atoms with E-state index < -0.39 is 0 Å². The highest BCUT2D eigenvalue weighted by Gasteiger charge is 2.26. The summed E-state index contributed by atoms with van der Waals surface area (Å²) in [6.07, 6.45) is 4.22. The van der Waals surface area contributed by atoms with Crippen LogP contribution in [0, 0.1) is 6.92 Å². The topological polar surface area (TPSA) is 74.9 Å². The van der Waals surface area contributed by atoms with E-state index in [4.69, 9.17) is 9.15 Å². The van der Waals surface area contributed by atoms with Gasteiger partial charge in [0.1, 0.15) is 5.75 Å². The number of hydrogen-bond acceptors (Lipinski definition) is 5. The summed E-state index contributed by atoms with van der Waals surface area (Å²) in [4.78, 5) is 11.3. The number of nitrogens with one attached hydrogen (secondary N) is 2. The maximum Gasteiger partial charge on any atom is 0.214 e. The van der Waals surface area contributed by atoms with Crippen LogP contribution in [0.2, 0.25) is 0 Å². The number of ether oxygens (including phenoxy) is 1. The maximum atomic E-state index is 5.93. The molecule has 3 aromatic rings. The van der Waals surface area contributed by atoms with Crippen LogP contribution >= 0.6 is 24.0 Å². The molecule has 182 valence electrons. The van der Waals surface area contributed by atoms with E-state index in [9.17, 15) is 0 Å². The van der Waals surface area contributed by atoms with Crippen molar-refractivity contribution in [2.24, 2.45) is 4.99 Å². The average Bonchev–Trinajstić information content (AvgIpc) is 3.55. The van der Waals surface area contributed by atoms with Crippen LogP contribution < -0.4 is 15.4 Å². The van der Waals surface area contributed by atoms with Gasteiger partial charge in [-0.05, 0) is 38.9 Å². The van der Waals surface area contributed by atoms with Crippen LogP contribution in [0.15, 0.2) is 64.1 Å². The number of hydrogen-bond donors (Lipinski definition) is 2. The molecule has 4 rings (SSSR count). The summed E-state index contributed by atoms with van der Waals surface area (Å²) >= 11 is 0. The van der Waals surface area contributed by atoms with E-state index in [0.29, 0.717) is 18.4 Å². The first kappa shape index (κ1) is 26.0. The number of benzene rings is 2. The number of guanidine groups is 1. The third-order valence-corrected chi connectivity index (χ3v) is 6.06. The summed E-state index contributed by atoms with van der Waals surface area (Å²) in [6, 6.07) is 16.7. The number of aromatic nitrogens is 1. The van der Waals surface area contributed by atoms with Gasteiger partial charge in [-0.25, -0.2) is 4.98 Å². The highest BCUT2D eigenvalue weighted by molar-refractivity contribution is 14.0. The van der Waals surface area contributed by atoms with Gasteiger partial charge in [-0.15, -0.1) is 24.0 Å². The third-order valence-electron chi connectivity index (χ3n) is 6.06. The van der Waals surface area contributed by atoms with Crippen LogP contribution in [0.1, 0.15) is 35.9 Å². The largest absolute Gasteiger partial charge is 0.496 e. The number of aliphatic imine (C=N–C) groups is 1. The van der Waals surface area contributed by atoms with Crippen LogP contribution in [-0.4, -0.2) is 49.6 Å². The predicted octanol–water partition coefficient (Wildman–Crippen LogP) is 4.78. The van der Waals surface area contributed by atoms with Gasteiger partial charge >= 0.3 is 0 Å². The van der Waals surface area contributed by atoms with Crippen molar-refractivity contribution in [1.29, 1.82) is 0 Å². The molecule has 2 N–H and O–H groups in total. The normalized spacial score (nSPS) is 15.0. The van der Waals surface area contributed by atoms with Gasteiger partial charge < -0.3 is 19.8 Å². The molecule has 0 bridgehead atoms. The minimum atomic E-state index is 0. The number of rotatable bonds is 8. The second kappa shape index (κ2) is 12.8. The second-order valence-electron chi connectivity index (χ2n) is 8.29. The molecular weight excluding hydrogens is 541 g/mol. The lowest BCUT2D eigenvalue weighted by Gasteiger charge is -2.29. The summed E-state index contributed by atoms with van der Waals surface area (Å²) < 4.78 is 11.6. The lowest BCUT2D eigenvalue weighted by molar-refractivity contribution is 0.239. The van der Waals surface area contributed by atoms with Crippen LogP contribution in [-0.2, 0) is 6.54 Å². The molecule has 2 heterocycles. The van der Waals surface area contributed by atoms with Crippen LogP contribution in [0.25, 0.3) is 11.3 Å². The van der Waals surface area contributed by atoms with Crippen molar-refractivity contribution in [3.63, 3.8) is 0 Å². The first-order valence-corrected chi connectivity index (χ1v) is 11.5. The van der Waals surface area contributed by atoms with Crippen molar-refractivity contribution in [3.8, 4) is 17.1 Å². The summed E-state index contributed by atoms with van der Waals surface area (Å²) in [5, 5.41) is 6.80. The molecule has 1 atom stereocenters. The molecule has 2 aromatic carbocycles. The Labute approximate surface area is 219 Å². The molecule has 1 saturated heterocycles. The Morgan fingerprint density at radius 1 is 1.12 bits per heavy atom. The summed E-state index contributed by atoms with van der Waals surface area (Å²) in [5.74, 6) is 3.01. The summed E-state index contributed by atoms with van der Waals surface area (Å²) in [7, 11) is 3.51. The maximum absolute atomic E-state index is 5.93. The number of nitrogens with zero attached hydrogens (tertiary/aromatic N) is 3. The molecule has 1 unspecified atom stereocenters. The van der Waals surface area contributed by atoms with E-state index in [-0.39, 0.29) is 30.0 Å². The Hall–Kier alpha value is -2.59. The van der Waals surface area contributed by atoms with E-state index in [1.54, 1.807) is 20.4 Å². The van der Waals surface area contributed by atoms with Gasteiger partial charge in [-0.3, -0.25) is 9.89 Å².